The van der Waals surface area contributed by atoms with Crippen molar-refractivity contribution >= 4 is 29.4 Å². The van der Waals surface area contributed by atoms with Crippen molar-refractivity contribution in [3.63, 3.8) is 0 Å². The first kappa shape index (κ1) is 34.5. The van der Waals surface area contributed by atoms with Gasteiger partial charge in [-0.1, -0.05) is 75.3 Å². The Kier molecular flexibility index (Phi) is 21.2. The molecule has 0 saturated carbocycles. The third kappa shape index (κ3) is 16.8. The number of carbonyl (C=O) groups is 1. The molecule has 1 fully saturated rings. The Bertz CT molecular complexity index is 865. The molecule has 0 aromatic carbocycles. The number of rotatable bonds is 10. The van der Waals surface area contributed by atoms with Crippen molar-refractivity contribution in [3.8, 4) is 5.19 Å². The van der Waals surface area contributed by atoms with Crippen molar-refractivity contribution in [2.45, 2.75) is 85.7 Å². The van der Waals surface area contributed by atoms with Crippen molar-refractivity contribution in [2.24, 2.45) is 0 Å². The van der Waals surface area contributed by atoms with Gasteiger partial charge in [0.2, 0.25) is 5.91 Å². The van der Waals surface area contributed by atoms with E-state index in [0.717, 1.165) is 29.2 Å². The van der Waals surface area contributed by atoms with Gasteiger partial charge in [0.05, 0.1) is 10.6 Å². The van der Waals surface area contributed by atoms with Gasteiger partial charge < -0.3 is 20.5 Å². The number of ether oxygens (including phenoxy) is 1. The Morgan fingerprint density at radius 3 is 2.38 bits per heavy atom. The highest BCUT2D eigenvalue weighted by Crippen LogP contribution is 2.28. The SMILES string of the molecule is C1CCCNCC1.C=Cc1sc(O/C(C)=C/C=C(\C=C/C)CC)nc1/C=C\C.CCCC(O)C(=O)NC. The average molecular weight is 532 g/mol. The topological polar surface area (TPSA) is 83.5 Å². The van der Waals surface area contributed by atoms with Crippen LogP contribution in [-0.2, 0) is 4.79 Å². The van der Waals surface area contributed by atoms with Gasteiger partial charge in [0, 0.05) is 7.05 Å². The molecule has 0 bridgehead atoms. The molecule has 1 aliphatic heterocycles. The number of nitrogens with zero attached hydrogens (tertiary/aromatic N) is 1. The van der Waals surface area contributed by atoms with E-state index in [2.05, 4.69) is 41.3 Å². The fourth-order valence-electron chi connectivity index (χ4n) is 3.24. The summed E-state index contributed by atoms with van der Waals surface area (Å²) in [6.45, 7) is 16.3. The van der Waals surface area contributed by atoms with E-state index in [9.17, 15) is 4.79 Å². The van der Waals surface area contributed by atoms with Crippen LogP contribution < -0.4 is 15.4 Å². The highest BCUT2D eigenvalue weighted by Gasteiger charge is 2.10. The molecule has 1 unspecified atom stereocenters. The van der Waals surface area contributed by atoms with Crippen molar-refractivity contribution < 1.29 is 14.6 Å². The van der Waals surface area contributed by atoms with Crippen LogP contribution in [-0.4, -0.2) is 42.2 Å². The van der Waals surface area contributed by atoms with Gasteiger partial charge in [-0.3, -0.25) is 4.79 Å². The van der Waals surface area contributed by atoms with Gasteiger partial charge in [0.1, 0.15) is 11.9 Å². The molecule has 1 saturated heterocycles. The van der Waals surface area contributed by atoms with Crippen LogP contribution in [0.2, 0.25) is 0 Å². The fraction of sp³-hybridized carbons (Fsp3) is 0.533. The molecule has 3 N–H and O–H groups in total. The normalized spacial score (nSPS) is 15.2. The first-order valence-corrected chi connectivity index (χ1v) is 14.2. The quantitative estimate of drug-likeness (QED) is 0.222. The second kappa shape index (κ2) is 22.7. The Labute approximate surface area is 229 Å². The van der Waals surface area contributed by atoms with Crippen molar-refractivity contribution in [1.29, 1.82) is 0 Å². The van der Waals surface area contributed by atoms with Crippen LogP contribution in [0.1, 0.15) is 90.1 Å². The Morgan fingerprint density at radius 1 is 1.19 bits per heavy atom. The standard InChI is InChI=1S/C18H23NOS.C6H13NO2.C6H13N/c1-6-10-15(8-3)13-12-14(5)20-18-19-16(11-7-2)17(9-4)21-18;1-3-4-5(8)6(9)7-2;1-2-4-6-7-5-3-1/h6-7,9-13H,4,8H2,1-3,5H3;5,8H,3-4H2,1-2H3,(H,7,9);7H,1-6H2/b10-6-,11-7-,14-12+,15-13-;;. The lowest BCUT2D eigenvalue weighted by Crippen LogP contribution is -2.31. The second-order valence-corrected chi connectivity index (χ2v) is 9.48. The lowest BCUT2D eigenvalue weighted by Gasteiger charge is -2.05. The Hall–Kier alpha value is -2.48. The molecule has 2 heterocycles. The number of hydrogen-bond acceptors (Lipinski definition) is 6. The maximum Gasteiger partial charge on any atom is 0.279 e. The largest absolute Gasteiger partial charge is 0.436 e. The van der Waals surface area contributed by atoms with Gasteiger partial charge >= 0.3 is 0 Å². The zero-order valence-electron chi connectivity index (χ0n) is 23.8. The summed E-state index contributed by atoms with van der Waals surface area (Å²) in [4.78, 5) is 16.0. The third-order valence-corrected chi connectivity index (χ3v) is 6.25. The van der Waals surface area contributed by atoms with Crippen LogP contribution in [0.15, 0.2) is 48.3 Å². The lowest BCUT2D eigenvalue weighted by atomic mass is 10.2. The van der Waals surface area contributed by atoms with E-state index < -0.39 is 6.10 Å². The molecule has 0 radical (unpaired) electrons. The number of aromatic nitrogens is 1. The molecular formula is C30H49N3O3S. The Balaban J connectivity index is 0.000000659. The van der Waals surface area contributed by atoms with Crippen molar-refractivity contribution in [3.05, 3.63) is 58.9 Å². The van der Waals surface area contributed by atoms with E-state index in [4.69, 9.17) is 9.84 Å². The van der Waals surface area contributed by atoms with E-state index in [1.807, 2.05) is 52.0 Å². The van der Waals surface area contributed by atoms with E-state index in [0.29, 0.717) is 11.6 Å². The number of aliphatic hydroxyl groups excluding tert-OH is 1. The first-order valence-electron chi connectivity index (χ1n) is 13.4. The molecule has 208 valence electrons. The fourth-order valence-corrected chi connectivity index (χ4v) is 4.05. The van der Waals surface area contributed by atoms with E-state index in [-0.39, 0.29) is 5.91 Å². The van der Waals surface area contributed by atoms with Gasteiger partial charge in [0.25, 0.3) is 5.19 Å². The van der Waals surface area contributed by atoms with Crippen LogP contribution in [0, 0.1) is 0 Å². The monoisotopic (exact) mass is 531 g/mol. The molecule has 6 nitrogen and oxygen atoms in total. The highest BCUT2D eigenvalue weighted by molar-refractivity contribution is 7.14. The summed E-state index contributed by atoms with van der Waals surface area (Å²) in [6, 6.07) is 0. The van der Waals surface area contributed by atoms with Gasteiger partial charge in [-0.05, 0) is 83.3 Å². The number of nitrogens with one attached hydrogen (secondary N) is 2. The predicted molar refractivity (Wildman–Crippen MR) is 161 cm³/mol. The summed E-state index contributed by atoms with van der Waals surface area (Å²) in [7, 11) is 1.52. The Morgan fingerprint density at radius 2 is 1.86 bits per heavy atom. The van der Waals surface area contributed by atoms with Crippen LogP contribution in [0.4, 0.5) is 0 Å². The maximum absolute atomic E-state index is 10.5. The minimum atomic E-state index is -0.819. The molecule has 1 aliphatic rings. The number of thiazole rings is 1. The molecule has 0 spiro atoms. The summed E-state index contributed by atoms with van der Waals surface area (Å²) in [6.07, 6.45) is 21.1. The second-order valence-electron chi connectivity index (χ2n) is 8.49. The number of hydrogen-bond donors (Lipinski definition) is 3. The van der Waals surface area contributed by atoms with Crippen LogP contribution in [0.3, 0.4) is 0 Å². The van der Waals surface area contributed by atoms with E-state index in [1.54, 1.807) is 6.08 Å². The molecule has 1 amide bonds. The maximum atomic E-state index is 10.5. The molecule has 7 heteroatoms. The summed E-state index contributed by atoms with van der Waals surface area (Å²) in [5, 5.41) is 15.3. The van der Waals surface area contributed by atoms with Crippen LogP contribution in [0.5, 0.6) is 5.19 Å². The molecule has 37 heavy (non-hydrogen) atoms. The molecule has 0 aliphatic carbocycles. The summed E-state index contributed by atoms with van der Waals surface area (Å²) in [5.74, 6) is 0.527. The van der Waals surface area contributed by atoms with Crippen LogP contribution >= 0.6 is 11.3 Å². The minimum Gasteiger partial charge on any atom is -0.436 e. The van der Waals surface area contributed by atoms with Crippen LogP contribution in [0.25, 0.3) is 12.2 Å². The summed E-state index contributed by atoms with van der Waals surface area (Å²) in [5.41, 5.74) is 2.17. The number of amides is 1. The number of aliphatic hydroxyl groups is 1. The summed E-state index contributed by atoms with van der Waals surface area (Å²) < 4.78 is 5.78. The predicted octanol–water partition coefficient (Wildman–Crippen LogP) is 7.06. The van der Waals surface area contributed by atoms with Crippen molar-refractivity contribution in [1.82, 2.24) is 15.6 Å². The minimum absolute atomic E-state index is 0.295. The van der Waals surface area contributed by atoms with Gasteiger partial charge in [-0.15, -0.1) is 0 Å². The molecular weight excluding hydrogens is 482 g/mol. The van der Waals surface area contributed by atoms with E-state index in [1.165, 1.54) is 62.7 Å². The first-order chi connectivity index (χ1) is 17.9. The number of likely N-dealkylation sites (N-methyl/N-ethyl adjacent to an activating group) is 1. The summed E-state index contributed by atoms with van der Waals surface area (Å²) >= 11 is 1.50. The number of allylic oxidation sites excluding steroid dienone is 7. The van der Waals surface area contributed by atoms with Gasteiger partial charge in [-0.2, -0.15) is 0 Å². The van der Waals surface area contributed by atoms with Gasteiger partial charge in [0.15, 0.2) is 0 Å². The zero-order valence-corrected chi connectivity index (χ0v) is 24.6. The molecule has 1 aromatic heterocycles. The van der Waals surface area contributed by atoms with E-state index >= 15 is 0 Å². The smallest absolute Gasteiger partial charge is 0.279 e. The number of carbonyl (C=O) groups excluding carboxylic acids is 1. The van der Waals surface area contributed by atoms with Crippen molar-refractivity contribution in [2.75, 3.05) is 20.1 Å². The third-order valence-electron chi connectivity index (χ3n) is 5.31. The zero-order chi connectivity index (χ0) is 27.9. The highest BCUT2D eigenvalue weighted by atomic mass is 32.1. The molecule has 1 aromatic rings. The average Bonchev–Trinajstić information content (AvgIpc) is 3.07. The molecule has 2 rings (SSSR count). The molecule has 1 atom stereocenters. The lowest BCUT2D eigenvalue weighted by molar-refractivity contribution is -0.129. The van der Waals surface area contributed by atoms with Gasteiger partial charge in [-0.25, -0.2) is 4.98 Å².